The predicted molar refractivity (Wildman–Crippen MR) is 110 cm³/mol. The van der Waals surface area contributed by atoms with E-state index in [4.69, 9.17) is 11.5 Å². The van der Waals surface area contributed by atoms with Gasteiger partial charge in [-0.3, -0.25) is 4.79 Å². The zero-order valence-electron chi connectivity index (χ0n) is 15.6. The SMILES string of the molecule is Cl.Cl.NCCCC[C@H](N)C(=O)Nc1cccc(C#Cc2c(F)c(F)nc(F)c2F)c1. The molecule has 2 rings (SSSR count). The van der Waals surface area contributed by atoms with Crippen LogP contribution in [0.3, 0.4) is 0 Å². The maximum absolute atomic E-state index is 13.6. The van der Waals surface area contributed by atoms with Gasteiger partial charge in [0.1, 0.15) is 5.56 Å². The van der Waals surface area contributed by atoms with E-state index in [1.807, 2.05) is 5.92 Å². The van der Waals surface area contributed by atoms with Crippen LogP contribution in [-0.2, 0) is 4.79 Å². The molecular weight excluding hydrogens is 447 g/mol. The number of carbonyl (C=O) groups is 1. The van der Waals surface area contributed by atoms with E-state index in [9.17, 15) is 22.4 Å². The molecule has 5 nitrogen and oxygen atoms in total. The zero-order valence-corrected chi connectivity index (χ0v) is 17.2. The van der Waals surface area contributed by atoms with E-state index >= 15 is 0 Å². The summed E-state index contributed by atoms with van der Waals surface area (Å²) in [4.78, 5) is 14.5. The molecule has 5 N–H and O–H groups in total. The standard InChI is InChI=1S/C19H18F4N4O.2ClH/c20-15-13(16(21)18(23)27-17(15)22)8-7-11-4-3-5-12(10-11)26-19(28)14(25)6-1-2-9-24;;/h3-5,10,14H,1-2,6,9,24-25H2,(H,26,28);2*1H/t14-;;/m0../s1. The van der Waals surface area contributed by atoms with Gasteiger partial charge in [0, 0.05) is 11.3 Å². The summed E-state index contributed by atoms with van der Waals surface area (Å²) in [6.07, 6.45) is 1.95. The third-order valence-electron chi connectivity index (χ3n) is 3.77. The smallest absolute Gasteiger partial charge is 0.253 e. The summed E-state index contributed by atoms with van der Waals surface area (Å²) in [6, 6.07) is 5.32. The van der Waals surface area contributed by atoms with Gasteiger partial charge >= 0.3 is 0 Å². The molecular formula is C19H20Cl2F4N4O. The van der Waals surface area contributed by atoms with Crippen molar-refractivity contribution in [3.63, 3.8) is 0 Å². The number of anilines is 1. The first-order valence-electron chi connectivity index (χ1n) is 8.42. The first-order valence-corrected chi connectivity index (χ1v) is 8.42. The van der Waals surface area contributed by atoms with Crippen molar-refractivity contribution in [3.05, 3.63) is 58.9 Å². The molecule has 0 radical (unpaired) electrons. The molecule has 1 amide bonds. The molecule has 0 bridgehead atoms. The Bertz CT molecular complexity index is 908. The Hall–Kier alpha value is -2.38. The summed E-state index contributed by atoms with van der Waals surface area (Å²) in [5.41, 5.74) is 10.7. The van der Waals surface area contributed by atoms with Crippen LogP contribution in [0.4, 0.5) is 23.2 Å². The number of carbonyl (C=O) groups excluding carboxylic acids is 1. The normalized spacial score (nSPS) is 10.7. The molecule has 0 aliphatic rings. The van der Waals surface area contributed by atoms with Crippen molar-refractivity contribution in [3.8, 4) is 11.8 Å². The highest BCUT2D eigenvalue weighted by atomic mass is 35.5. The fourth-order valence-corrected chi connectivity index (χ4v) is 2.28. The van der Waals surface area contributed by atoms with E-state index in [-0.39, 0.29) is 30.4 Å². The summed E-state index contributed by atoms with van der Waals surface area (Å²) in [5, 5.41) is 2.61. The van der Waals surface area contributed by atoms with Crippen molar-refractivity contribution in [1.82, 2.24) is 4.98 Å². The Balaban J connectivity index is 0.00000420. The second-order valence-electron chi connectivity index (χ2n) is 5.91. The van der Waals surface area contributed by atoms with Crippen molar-refractivity contribution in [2.24, 2.45) is 11.5 Å². The Kier molecular flexibility index (Phi) is 12.0. The molecule has 1 aromatic carbocycles. The molecule has 0 saturated heterocycles. The number of pyridine rings is 1. The molecule has 0 fully saturated rings. The molecule has 30 heavy (non-hydrogen) atoms. The van der Waals surface area contributed by atoms with Gasteiger partial charge < -0.3 is 16.8 Å². The zero-order chi connectivity index (χ0) is 20.7. The average Bonchev–Trinajstić information content (AvgIpc) is 2.67. The number of nitrogens with zero attached hydrogens (tertiary/aromatic N) is 1. The maximum atomic E-state index is 13.6. The van der Waals surface area contributed by atoms with Crippen LogP contribution < -0.4 is 16.8 Å². The Morgan fingerprint density at radius 1 is 1.07 bits per heavy atom. The Labute approximate surface area is 183 Å². The molecule has 1 heterocycles. The van der Waals surface area contributed by atoms with Crippen molar-refractivity contribution in [2.75, 3.05) is 11.9 Å². The number of aromatic nitrogens is 1. The highest BCUT2D eigenvalue weighted by Gasteiger charge is 2.19. The van der Waals surface area contributed by atoms with Gasteiger partial charge in [-0.1, -0.05) is 24.3 Å². The lowest BCUT2D eigenvalue weighted by atomic mass is 10.1. The van der Waals surface area contributed by atoms with Crippen LogP contribution in [-0.4, -0.2) is 23.5 Å². The lowest BCUT2D eigenvalue weighted by Crippen LogP contribution is -2.35. The van der Waals surface area contributed by atoms with Gasteiger partial charge in [0.25, 0.3) is 11.9 Å². The largest absolute Gasteiger partial charge is 0.330 e. The second-order valence-corrected chi connectivity index (χ2v) is 5.91. The van der Waals surface area contributed by atoms with Gasteiger partial charge in [0.05, 0.1) is 6.04 Å². The van der Waals surface area contributed by atoms with Gasteiger partial charge in [-0.15, -0.1) is 24.8 Å². The van der Waals surface area contributed by atoms with Crippen LogP contribution in [0.25, 0.3) is 0 Å². The summed E-state index contributed by atoms with van der Waals surface area (Å²) in [5.74, 6) is -2.89. The molecule has 0 saturated carbocycles. The van der Waals surface area contributed by atoms with E-state index in [0.717, 1.165) is 6.42 Å². The highest BCUT2D eigenvalue weighted by Crippen LogP contribution is 2.16. The number of unbranched alkanes of at least 4 members (excludes halogenated alkanes) is 1. The minimum Gasteiger partial charge on any atom is -0.330 e. The Morgan fingerprint density at radius 3 is 2.30 bits per heavy atom. The summed E-state index contributed by atoms with van der Waals surface area (Å²) >= 11 is 0. The van der Waals surface area contributed by atoms with Gasteiger partial charge in [-0.05, 0) is 37.6 Å². The highest BCUT2D eigenvalue weighted by molar-refractivity contribution is 5.94. The molecule has 0 spiro atoms. The molecule has 0 unspecified atom stereocenters. The minimum absolute atomic E-state index is 0. The van der Waals surface area contributed by atoms with Crippen LogP contribution in [0.5, 0.6) is 0 Å². The molecule has 0 aliphatic heterocycles. The fourth-order valence-electron chi connectivity index (χ4n) is 2.28. The van der Waals surface area contributed by atoms with E-state index in [0.29, 0.717) is 25.1 Å². The van der Waals surface area contributed by atoms with Crippen LogP contribution >= 0.6 is 24.8 Å². The van der Waals surface area contributed by atoms with E-state index in [1.54, 1.807) is 12.1 Å². The summed E-state index contributed by atoms with van der Waals surface area (Å²) in [6.45, 7) is 0.515. The molecule has 164 valence electrons. The van der Waals surface area contributed by atoms with Crippen LogP contribution in [0, 0.1) is 35.4 Å². The quantitative estimate of drug-likeness (QED) is 0.263. The topological polar surface area (TPSA) is 94.0 Å². The number of benzene rings is 1. The molecule has 11 heteroatoms. The third kappa shape index (κ3) is 7.46. The number of halogens is 6. The van der Waals surface area contributed by atoms with Crippen LogP contribution in [0.1, 0.15) is 30.4 Å². The van der Waals surface area contributed by atoms with Crippen molar-refractivity contribution in [1.29, 1.82) is 0 Å². The first kappa shape index (κ1) is 27.6. The van der Waals surface area contributed by atoms with Gasteiger partial charge in [0.15, 0.2) is 11.6 Å². The lowest BCUT2D eigenvalue weighted by Gasteiger charge is -2.12. The van der Waals surface area contributed by atoms with Crippen molar-refractivity contribution < 1.29 is 22.4 Å². The maximum Gasteiger partial charge on any atom is 0.253 e. The number of nitrogens with two attached hydrogens (primary N) is 2. The number of hydrogen-bond donors (Lipinski definition) is 3. The molecule has 0 aliphatic carbocycles. The third-order valence-corrected chi connectivity index (χ3v) is 3.77. The average molecular weight is 467 g/mol. The molecule has 1 aromatic heterocycles. The van der Waals surface area contributed by atoms with Crippen molar-refractivity contribution in [2.45, 2.75) is 25.3 Å². The van der Waals surface area contributed by atoms with E-state index in [2.05, 4.69) is 16.2 Å². The fraction of sp³-hybridized carbons (Fsp3) is 0.263. The number of rotatable bonds is 6. The van der Waals surface area contributed by atoms with Gasteiger partial charge in [-0.2, -0.15) is 13.8 Å². The first-order chi connectivity index (χ1) is 13.3. The van der Waals surface area contributed by atoms with Crippen LogP contribution in [0.15, 0.2) is 24.3 Å². The number of hydrogen-bond acceptors (Lipinski definition) is 4. The second kappa shape index (κ2) is 13.0. The lowest BCUT2D eigenvalue weighted by molar-refractivity contribution is -0.117. The van der Waals surface area contributed by atoms with Gasteiger partial charge in [-0.25, -0.2) is 8.78 Å². The van der Waals surface area contributed by atoms with E-state index in [1.165, 1.54) is 12.1 Å². The van der Waals surface area contributed by atoms with Crippen LogP contribution in [0.2, 0.25) is 0 Å². The summed E-state index contributed by atoms with van der Waals surface area (Å²) < 4.78 is 53.4. The minimum atomic E-state index is -1.78. The predicted octanol–water partition coefficient (Wildman–Crippen LogP) is 3.28. The van der Waals surface area contributed by atoms with E-state index < -0.39 is 41.0 Å². The number of nitrogens with one attached hydrogen (secondary N) is 1. The molecule has 1 atom stereocenters. The molecule has 2 aromatic rings. The van der Waals surface area contributed by atoms with Crippen molar-refractivity contribution >= 4 is 36.4 Å². The monoisotopic (exact) mass is 466 g/mol. The van der Waals surface area contributed by atoms with Gasteiger partial charge in [0.2, 0.25) is 5.91 Å². The number of amides is 1. The summed E-state index contributed by atoms with van der Waals surface area (Å²) in [7, 11) is 0. The Morgan fingerprint density at radius 2 is 1.70 bits per heavy atom.